The highest BCUT2D eigenvalue weighted by atomic mass is 19.4. The van der Waals surface area contributed by atoms with Gasteiger partial charge < -0.3 is 5.32 Å². The molecule has 7 heteroatoms. The number of aryl methyl sites for hydroxylation is 2. The van der Waals surface area contributed by atoms with Crippen molar-refractivity contribution in [3.8, 4) is 0 Å². The molecule has 3 unspecified atom stereocenters. The molecule has 2 N–H and O–H groups in total. The minimum atomic E-state index is -4.25. The number of aromatic amines is 1. The van der Waals surface area contributed by atoms with Crippen molar-refractivity contribution >= 4 is 5.91 Å². The van der Waals surface area contributed by atoms with Crippen LogP contribution in [0.1, 0.15) is 61.9 Å². The summed E-state index contributed by atoms with van der Waals surface area (Å²) in [6.07, 6.45) is -2.28. The van der Waals surface area contributed by atoms with E-state index in [4.69, 9.17) is 0 Å². The largest absolute Gasteiger partial charge is 0.393 e. The summed E-state index contributed by atoms with van der Waals surface area (Å²) in [5.74, 6) is -1.83. The molecule has 1 aromatic rings. The molecule has 0 radical (unpaired) electrons. The molecule has 1 aliphatic carbocycles. The van der Waals surface area contributed by atoms with Crippen LogP contribution in [-0.4, -0.2) is 28.3 Å². The van der Waals surface area contributed by atoms with Gasteiger partial charge in [-0.25, -0.2) is 0 Å². The number of hydrogen-bond acceptors (Lipinski definition) is 2. The van der Waals surface area contributed by atoms with Gasteiger partial charge in [-0.1, -0.05) is 19.8 Å². The van der Waals surface area contributed by atoms with Gasteiger partial charge in [0.05, 0.1) is 11.6 Å². The second kappa shape index (κ2) is 6.93. The maximum atomic E-state index is 13.1. The zero-order valence-electron chi connectivity index (χ0n) is 13.8. The van der Waals surface area contributed by atoms with Crippen LogP contribution in [0.4, 0.5) is 13.2 Å². The predicted molar refractivity (Wildman–Crippen MR) is 81.0 cm³/mol. The Morgan fingerprint density at radius 3 is 2.57 bits per heavy atom. The topological polar surface area (TPSA) is 57.8 Å². The number of H-pyrrole nitrogens is 1. The fraction of sp³-hybridized carbons (Fsp3) is 0.750. The average molecular weight is 331 g/mol. The van der Waals surface area contributed by atoms with Crippen LogP contribution in [0, 0.1) is 19.8 Å². The van der Waals surface area contributed by atoms with Gasteiger partial charge in [0.25, 0.3) is 0 Å². The summed E-state index contributed by atoms with van der Waals surface area (Å²) in [5.41, 5.74) is 2.69. The number of nitrogens with zero attached hydrogens (tertiary/aromatic N) is 1. The maximum absolute atomic E-state index is 13.1. The number of alkyl halides is 3. The molecule has 1 heterocycles. The van der Waals surface area contributed by atoms with E-state index < -0.39 is 18.1 Å². The molecule has 4 nitrogen and oxygen atoms in total. The molecule has 1 saturated carbocycles. The first kappa shape index (κ1) is 17.8. The smallest absolute Gasteiger partial charge is 0.353 e. The first-order chi connectivity index (χ1) is 10.7. The molecule has 0 aliphatic heterocycles. The van der Waals surface area contributed by atoms with E-state index in [1.54, 1.807) is 0 Å². The Morgan fingerprint density at radius 1 is 1.35 bits per heavy atom. The number of carbonyl (C=O) groups is 1. The van der Waals surface area contributed by atoms with Gasteiger partial charge in [-0.3, -0.25) is 9.89 Å². The minimum absolute atomic E-state index is 0.0818. The Morgan fingerprint density at radius 2 is 2.00 bits per heavy atom. The normalized spacial score (nSPS) is 23.6. The van der Waals surface area contributed by atoms with Crippen molar-refractivity contribution in [2.75, 3.05) is 0 Å². The van der Waals surface area contributed by atoms with Crippen LogP contribution in [0.25, 0.3) is 0 Å². The summed E-state index contributed by atoms with van der Waals surface area (Å²) in [4.78, 5) is 12.2. The summed E-state index contributed by atoms with van der Waals surface area (Å²) < 4.78 is 39.2. The summed E-state index contributed by atoms with van der Waals surface area (Å²) in [7, 11) is 0. The van der Waals surface area contributed by atoms with Crippen molar-refractivity contribution in [1.29, 1.82) is 0 Å². The van der Waals surface area contributed by atoms with Gasteiger partial charge >= 0.3 is 6.18 Å². The Bertz CT molecular complexity index is 534. The van der Waals surface area contributed by atoms with E-state index in [0.717, 1.165) is 23.4 Å². The Hall–Kier alpha value is -1.53. The highest BCUT2D eigenvalue weighted by Gasteiger charge is 2.45. The highest BCUT2D eigenvalue weighted by molar-refractivity contribution is 5.77. The van der Waals surface area contributed by atoms with Crippen LogP contribution in [-0.2, 0) is 4.79 Å². The van der Waals surface area contributed by atoms with Crippen molar-refractivity contribution in [3.05, 3.63) is 17.0 Å². The van der Waals surface area contributed by atoms with Crippen LogP contribution in [0.3, 0.4) is 0 Å². The zero-order valence-corrected chi connectivity index (χ0v) is 13.8. The molecule has 23 heavy (non-hydrogen) atoms. The number of nitrogens with one attached hydrogen (secondary N) is 2. The third kappa shape index (κ3) is 4.26. The second-order valence-corrected chi connectivity index (χ2v) is 6.56. The molecule has 2 rings (SSSR count). The average Bonchev–Trinajstić information content (AvgIpc) is 2.77. The molecule has 130 valence electrons. The van der Waals surface area contributed by atoms with Crippen molar-refractivity contribution in [3.63, 3.8) is 0 Å². The number of hydrogen-bond donors (Lipinski definition) is 2. The number of rotatable bonds is 4. The predicted octanol–water partition coefficient (Wildman–Crippen LogP) is 3.76. The molecule has 1 aliphatic rings. The first-order valence-corrected chi connectivity index (χ1v) is 8.07. The van der Waals surface area contributed by atoms with E-state index in [2.05, 4.69) is 15.5 Å². The minimum Gasteiger partial charge on any atom is -0.353 e. The second-order valence-electron chi connectivity index (χ2n) is 6.56. The van der Waals surface area contributed by atoms with Crippen LogP contribution in [0.15, 0.2) is 0 Å². The molecule has 0 aromatic carbocycles. The molecule has 1 amide bonds. The highest BCUT2D eigenvalue weighted by Crippen LogP contribution is 2.38. The van der Waals surface area contributed by atoms with Gasteiger partial charge in [0.15, 0.2) is 0 Å². The van der Waals surface area contributed by atoms with Crippen LogP contribution < -0.4 is 5.32 Å². The molecule has 0 saturated heterocycles. The lowest BCUT2D eigenvalue weighted by Crippen LogP contribution is -2.47. The molecule has 1 fully saturated rings. The number of halogens is 3. The van der Waals surface area contributed by atoms with E-state index in [-0.39, 0.29) is 24.7 Å². The quantitative estimate of drug-likeness (QED) is 0.882. The molecular weight excluding hydrogens is 307 g/mol. The summed E-state index contributed by atoms with van der Waals surface area (Å²) in [6, 6.07) is -0.796. The van der Waals surface area contributed by atoms with E-state index >= 15 is 0 Å². The van der Waals surface area contributed by atoms with Gasteiger partial charge in [0.2, 0.25) is 5.91 Å². The third-order valence-corrected chi connectivity index (χ3v) is 4.70. The molecule has 0 bridgehead atoms. The van der Waals surface area contributed by atoms with Crippen molar-refractivity contribution in [2.24, 2.45) is 5.92 Å². The zero-order chi connectivity index (χ0) is 17.2. The fourth-order valence-electron chi connectivity index (χ4n) is 3.63. The lowest BCUT2D eigenvalue weighted by atomic mass is 9.83. The van der Waals surface area contributed by atoms with Gasteiger partial charge in [0.1, 0.15) is 0 Å². The van der Waals surface area contributed by atoms with Crippen molar-refractivity contribution in [2.45, 2.75) is 71.0 Å². The molecule has 0 spiro atoms. The molecule has 1 aromatic heterocycles. The summed E-state index contributed by atoms with van der Waals surface area (Å²) >= 11 is 0. The lowest BCUT2D eigenvalue weighted by molar-refractivity contribution is -0.189. The van der Waals surface area contributed by atoms with Crippen molar-refractivity contribution < 1.29 is 18.0 Å². The fourth-order valence-corrected chi connectivity index (χ4v) is 3.63. The van der Waals surface area contributed by atoms with Crippen molar-refractivity contribution in [1.82, 2.24) is 15.5 Å². The summed E-state index contributed by atoms with van der Waals surface area (Å²) in [5, 5.41) is 9.59. The standard InChI is InChI=1S/C16H24F3N3O/c1-9(15-10(2)21-22-11(15)3)8-14(23)20-13-7-5-4-6-12(13)16(17,18)19/h9,12-13H,4-8H2,1-3H3,(H,20,23)(H,21,22). The first-order valence-electron chi connectivity index (χ1n) is 8.07. The third-order valence-electron chi connectivity index (χ3n) is 4.70. The number of amides is 1. The Balaban J connectivity index is 1.98. The van der Waals surface area contributed by atoms with E-state index in [1.807, 2.05) is 20.8 Å². The Labute approximate surface area is 134 Å². The lowest BCUT2D eigenvalue weighted by Gasteiger charge is -2.33. The number of carbonyl (C=O) groups excluding carboxylic acids is 1. The van der Waals surface area contributed by atoms with Gasteiger partial charge in [-0.2, -0.15) is 18.3 Å². The van der Waals surface area contributed by atoms with Crippen LogP contribution >= 0.6 is 0 Å². The number of aromatic nitrogens is 2. The van der Waals surface area contributed by atoms with Gasteiger partial charge in [0, 0.05) is 18.2 Å². The van der Waals surface area contributed by atoms with E-state index in [0.29, 0.717) is 12.8 Å². The monoisotopic (exact) mass is 331 g/mol. The van der Waals surface area contributed by atoms with E-state index in [9.17, 15) is 18.0 Å². The van der Waals surface area contributed by atoms with Crippen LogP contribution in [0.5, 0.6) is 0 Å². The van der Waals surface area contributed by atoms with E-state index in [1.165, 1.54) is 0 Å². The Kier molecular flexibility index (Phi) is 5.37. The van der Waals surface area contributed by atoms with Gasteiger partial charge in [-0.15, -0.1) is 0 Å². The molecular formula is C16H24F3N3O. The SMILES string of the molecule is Cc1n[nH]c(C)c1C(C)CC(=O)NC1CCCCC1C(F)(F)F. The summed E-state index contributed by atoms with van der Waals surface area (Å²) in [6.45, 7) is 5.63. The molecule has 3 atom stereocenters. The van der Waals surface area contributed by atoms with Gasteiger partial charge in [-0.05, 0) is 38.2 Å². The maximum Gasteiger partial charge on any atom is 0.393 e. The van der Waals surface area contributed by atoms with Crippen LogP contribution in [0.2, 0.25) is 0 Å².